The van der Waals surface area contributed by atoms with E-state index in [1.54, 1.807) is 0 Å². The number of nitrogens with zero attached hydrogens (tertiary/aromatic N) is 1. The van der Waals surface area contributed by atoms with Gasteiger partial charge in [0.25, 0.3) is 0 Å². The largest absolute Gasteiger partial charge is 0.379 e. The highest BCUT2D eigenvalue weighted by molar-refractivity contribution is 5.85. The minimum absolute atomic E-state index is 0. The van der Waals surface area contributed by atoms with E-state index < -0.39 is 0 Å². The van der Waals surface area contributed by atoms with Gasteiger partial charge in [-0.2, -0.15) is 0 Å². The number of ether oxygens (including phenoxy) is 1. The van der Waals surface area contributed by atoms with Crippen molar-refractivity contribution in [3.8, 4) is 0 Å². The molecule has 92 valence electrons. The van der Waals surface area contributed by atoms with Gasteiger partial charge >= 0.3 is 0 Å². The predicted molar refractivity (Wildman–Crippen MR) is 66.6 cm³/mol. The van der Waals surface area contributed by atoms with Crippen molar-refractivity contribution in [2.75, 3.05) is 32.8 Å². The van der Waals surface area contributed by atoms with Crippen molar-refractivity contribution in [2.24, 2.45) is 11.7 Å². The smallest absolute Gasteiger partial charge is 0.0594 e. The van der Waals surface area contributed by atoms with E-state index in [-0.39, 0.29) is 12.4 Å². The first-order valence-corrected chi connectivity index (χ1v) is 5.59. The fourth-order valence-electron chi connectivity index (χ4n) is 2.42. The molecule has 1 rings (SSSR count). The molecular weight excluding hydrogens is 212 g/mol. The van der Waals surface area contributed by atoms with Crippen LogP contribution in [0.15, 0.2) is 0 Å². The maximum atomic E-state index is 5.41. The Kier molecular flexibility index (Phi) is 6.76. The molecule has 1 heterocycles. The van der Waals surface area contributed by atoms with Crippen molar-refractivity contribution in [3.63, 3.8) is 0 Å². The molecule has 0 aromatic heterocycles. The Balaban J connectivity index is 0.00000196. The zero-order chi connectivity index (χ0) is 10.6. The molecule has 1 atom stereocenters. The van der Waals surface area contributed by atoms with Crippen LogP contribution in [0.5, 0.6) is 0 Å². The number of nitrogens with two attached hydrogens (primary N) is 1. The molecule has 1 aliphatic heterocycles. The summed E-state index contributed by atoms with van der Waals surface area (Å²) in [6.45, 7) is 11.3. The van der Waals surface area contributed by atoms with E-state index in [2.05, 4.69) is 25.7 Å². The summed E-state index contributed by atoms with van der Waals surface area (Å²) in [5, 5.41) is 0. The maximum Gasteiger partial charge on any atom is 0.0594 e. The third-order valence-corrected chi connectivity index (χ3v) is 3.00. The minimum Gasteiger partial charge on any atom is -0.379 e. The Bertz CT molecular complexity index is 176. The van der Waals surface area contributed by atoms with Crippen LogP contribution >= 0.6 is 12.4 Å². The fourth-order valence-corrected chi connectivity index (χ4v) is 2.42. The second-order valence-corrected chi connectivity index (χ2v) is 4.97. The summed E-state index contributed by atoms with van der Waals surface area (Å²) in [6, 6.07) is 0. The van der Waals surface area contributed by atoms with Gasteiger partial charge in [-0.05, 0) is 26.2 Å². The molecule has 1 saturated heterocycles. The number of rotatable bonds is 5. The highest BCUT2D eigenvalue weighted by atomic mass is 35.5. The summed E-state index contributed by atoms with van der Waals surface area (Å²) >= 11 is 0. The van der Waals surface area contributed by atoms with Crippen LogP contribution in [0.3, 0.4) is 0 Å². The number of hydrogen-bond donors (Lipinski definition) is 1. The Labute approximate surface area is 99.7 Å². The van der Waals surface area contributed by atoms with Gasteiger partial charge in [0.05, 0.1) is 13.2 Å². The third kappa shape index (κ3) is 4.68. The Morgan fingerprint density at radius 2 is 2.07 bits per heavy atom. The molecule has 1 fully saturated rings. The molecule has 15 heavy (non-hydrogen) atoms. The van der Waals surface area contributed by atoms with Gasteiger partial charge in [-0.3, -0.25) is 4.90 Å². The Hall–Kier alpha value is 0.170. The molecular formula is C11H25ClN2O. The van der Waals surface area contributed by atoms with Crippen LogP contribution in [0, 0.1) is 5.92 Å². The third-order valence-electron chi connectivity index (χ3n) is 3.00. The first kappa shape index (κ1) is 15.2. The summed E-state index contributed by atoms with van der Waals surface area (Å²) in [5.41, 5.74) is 5.71. The first-order chi connectivity index (χ1) is 6.56. The van der Waals surface area contributed by atoms with Gasteiger partial charge in [0.2, 0.25) is 0 Å². The minimum atomic E-state index is 0. The van der Waals surface area contributed by atoms with Crippen LogP contribution in [-0.4, -0.2) is 43.3 Å². The average molecular weight is 237 g/mol. The predicted octanol–water partition coefficient (Wildman–Crippen LogP) is 1.50. The summed E-state index contributed by atoms with van der Waals surface area (Å²) < 4.78 is 5.41. The van der Waals surface area contributed by atoms with Gasteiger partial charge in [0, 0.05) is 25.2 Å². The van der Waals surface area contributed by atoms with E-state index >= 15 is 0 Å². The monoisotopic (exact) mass is 236 g/mol. The van der Waals surface area contributed by atoms with Crippen molar-refractivity contribution in [1.82, 2.24) is 4.90 Å². The van der Waals surface area contributed by atoms with Crippen molar-refractivity contribution in [1.29, 1.82) is 0 Å². The lowest BCUT2D eigenvalue weighted by Crippen LogP contribution is -2.40. The van der Waals surface area contributed by atoms with E-state index in [9.17, 15) is 0 Å². The molecule has 0 amide bonds. The summed E-state index contributed by atoms with van der Waals surface area (Å²) in [7, 11) is 0. The number of likely N-dealkylation sites (tertiary alicyclic amines) is 1. The Morgan fingerprint density at radius 1 is 1.40 bits per heavy atom. The molecule has 1 unspecified atom stereocenters. The van der Waals surface area contributed by atoms with Crippen molar-refractivity contribution < 1.29 is 4.74 Å². The first-order valence-electron chi connectivity index (χ1n) is 5.59. The van der Waals surface area contributed by atoms with Crippen LogP contribution in [0.1, 0.15) is 27.2 Å². The normalized spacial score (nSPS) is 25.2. The number of hydrogen-bond acceptors (Lipinski definition) is 3. The lowest BCUT2D eigenvalue weighted by atomic mass is 9.98. The molecule has 2 N–H and O–H groups in total. The highest BCUT2D eigenvalue weighted by Gasteiger charge is 2.35. The van der Waals surface area contributed by atoms with E-state index in [1.165, 1.54) is 13.0 Å². The molecule has 0 aromatic rings. The van der Waals surface area contributed by atoms with Gasteiger partial charge in [-0.15, -0.1) is 12.4 Å². The van der Waals surface area contributed by atoms with Crippen LogP contribution in [0.25, 0.3) is 0 Å². The zero-order valence-electron chi connectivity index (χ0n) is 10.2. The number of halogens is 1. The molecule has 1 aliphatic rings. The molecule has 0 aromatic carbocycles. The average Bonchev–Trinajstić information content (AvgIpc) is 2.33. The molecule has 0 aliphatic carbocycles. The van der Waals surface area contributed by atoms with Crippen LogP contribution in [-0.2, 0) is 4.74 Å². The molecule has 3 nitrogen and oxygen atoms in total. The van der Waals surface area contributed by atoms with Crippen LogP contribution < -0.4 is 5.73 Å². The van der Waals surface area contributed by atoms with Crippen LogP contribution in [0.4, 0.5) is 0 Å². The quantitative estimate of drug-likeness (QED) is 0.736. The van der Waals surface area contributed by atoms with Crippen molar-refractivity contribution in [3.05, 3.63) is 0 Å². The van der Waals surface area contributed by atoms with E-state index in [0.717, 1.165) is 19.1 Å². The molecule has 0 saturated carbocycles. The van der Waals surface area contributed by atoms with E-state index in [4.69, 9.17) is 10.5 Å². The molecule has 0 spiro atoms. The summed E-state index contributed by atoms with van der Waals surface area (Å²) in [6.07, 6.45) is 1.30. The second kappa shape index (κ2) is 6.69. The highest BCUT2D eigenvalue weighted by Crippen LogP contribution is 2.31. The van der Waals surface area contributed by atoms with E-state index in [1.807, 2.05) is 0 Å². The fraction of sp³-hybridized carbons (Fsp3) is 1.00. The van der Waals surface area contributed by atoms with Gasteiger partial charge in [0.1, 0.15) is 0 Å². The SMILES string of the molecule is CC1CN(CCOCCN)C(C)(C)C1.Cl. The van der Waals surface area contributed by atoms with Gasteiger partial charge in [-0.1, -0.05) is 6.92 Å². The summed E-state index contributed by atoms with van der Waals surface area (Å²) in [4.78, 5) is 2.52. The lowest BCUT2D eigenvalue weighted by Gasteiger charge is -2.31. The maximum absolute atomic E-state index is 5.41. The Morgan fingerprint density at radius 3 is 2.53 bits per heavy atom. The zero-order valence-corrected chi connectivity index (χ0v) is 11.0. The van der Waals surface area contributed by atoms with Gasteiger partial charge in [-0.25, -0.2) is 0 Å². The van der Waals surface area contributed by atoms with Crippen LogP contribution in [0.2, 0.25) is 0 Å². The standard InChI is InChI=1S/C11H24N2O.ClH/c1-10-8-11(2,3)13(9-10)5-7-14-6-4-12;/h10H,4-9,12H2,1-3H3;1H. The topological polar surface area (TPSA) is 38.5 Å². The van der Waals surface area contributed by atoms with Gasteiger partial charge in [0.15, 0.2) is 0 Å². The van der Waals surface area contributed by atoms with Crippen molar-refractivity contribution in [2.45, 2.75) is 32.7 Å². The van der Waals surface area contributed by atoms with Crippen molar-refractivity contribution >= 4 is 12.4 Å². The van der Waals surface area contributed by atoms with E-state index in [0.29, 0.717) is 18.7 Å². The van der Waals surface area contributed by atoms with Gasteiger partial charge < -0.3 is 10.5 Å². The second-order valence-electron chi connectivity index (χ2n) is 4.97. The molecule has 0 bridgehead atoms. The molecule has 4 heteroatoms. The summed E-state index contributed by atoms with van der Waals surface area (Å²) in [5.74, 6) is 0.819. The lowest BCUT2D eigenvalue weighted by molar-refractivity contribution is 0.0836. The molecule has 0 radical (unpaired) electrons.